The lowest BCUT2D eigenvalue weighted by Gasteiger charge is -2.40. The third-order valence-electron chi connectivity index (χ3n) is 3.87. The van der Waals surface area contributed by atoms with E-state index >= 15 is 0 Å². The Kier molecular flexibility index (Phi) is 5.67. The van der Waals surface area contributed by atoms with E-state index in [0.29, 0.717) is 6.61 Å². The number of ether oxygens (including phenoxy) is 3. The summed E-state index contributed by atoms with van der Waals surface area (Å²) in [6.45, 7) is 13.6. The molecule has 18 heavy (non-hydrogen) atoms. The van der Waals surface area contributed by atoms with Gasteiger partial charge in [0.25, 0.3) is 0 Å². The van der Waals surface area contributed by atoms with Gasteiger partial charge in [0.2, 0.25) is 0 Å². The van der Waals surface area contributed by atoms with E-state index in [-0.39, 0.29) is 11.0 Å². The second-order valence-corrected chi connectivity index (χ2v) is 5.87. The van der Waals surface area contributed by atoms with Crippen molar-refractivity contribution in [1.29, 1.82) is 0 Å². The first-order chi connectivity index (χ1) is 8.43. The van der Waals surface area contributed by atoms with E-state index in [0.717, 1.165) is 38.4 Å². The SMILES string of the molecule is CCC1(CO/C(C)=C/COC(C)(C)CC)COC1. The summed E-state index contributed by atoms with van der Waals surface area (Å²) in [7, 11) is 0. The molecule has 0 aromatic carbocycles. The van der Waals surface area contributed by atoms with Gasteiger partial charge in [-0.2, -0.15) is 0 Å². The number of hydrogen-bond donors (Lipinski definition) is 0. The zero-order valence-electron chi connectivity index (χ0n) is 12.5. The Hall–Kier alpha value is -0.540. The standard InChI is InChI=1S/C15H28O3/c1-6-14(4,5)18-9-8-13(3)17-12-15(7-2)10-16-11-15/h8H,6-7,9-12H2,1-5H3/b13-8+. The van der Waals surface area contributed by atoms with Gasteiger partial charge >= 0.3 is 0 Å². The van der Waals surface area contributed by atoms with Crippen molar-refractivity contribution in [2.24, 2.45) is 5.41 Å². The molecule has 106 valence electrons. The van der Waals surface area contributed by atoms with Gasteiger partial charge < -0.3 is 14.2 Å². The molecule has 1 aliphatic heterocycles. The molecular weight excluding hydrogens is 228 g/mol. The molecule has 1 saturated heterocycles. The molecular formula is C15H28O3. The highest BCUT2D eigenvalue weighted by Gasteiger charge is 2.37. The van der Waals surface area contributed by atoms with Crippen LogP contribution < -0.4 is 0 Å². The molecule has 1 aliphatic rings. The van der Waals surface area contributed by atoms with Crippen LogP contribution in [0, 0.1) is 5.41 Å². The second-order valence-electron chi connectivity index (χ2n) is 5.87. The lowest BCUT2D eigenvalue weighted by atomic mass is 9.84. The quantitative estimate of drug-likeness (QED) is 0.622. The molecule has 0 atom stereocenters. The van der Waals surface area contributed by atoms with Crippen LogP contribution in [0.1, 0.15) is 47.5 Å². The van der Waals surface area contributed by atoms with E-state index in [1.807, 2.05) is 13.0 Å². The highest BCUT2D eigenvalue weighted by atomic mass is 16.5. The Morgan fingerprint density at radius 3 is 2.44 bits per heavy atom. The Morgan fingerprint density at radius 2 is 2.00 bits per heavy atom. The fraction of sp³-hybridized carbons (Fsp3) is 0.867. The first-order valence-electron chi connectivity index (χ1n) is 6.94. The van der Waals surface area contributed by atoms with Crippen LogP contribution in [0.5, 0.6) is 0 Å². The summed E-state index contributed by atoms with van der Waals surface area (Å²) < 4.78 is 16.8. The summed E-state index contributed by atoms with van der Waals surface area (Å²) in [5.41, 5.74) is 0.196. The molecule has 3 heteroatoms. The molecule has 0 radical (unpaired) electrons. The van der Waals surface area contributed by atoms with Crippen LogP contribution in [0.15, 0.2) is 11.8 Å². The van der Waals surface area contributed by atoms with Crippen molar-refractivity contribution in [3.63, 3.8) is 0 Å². The second kappa shape index (κ2) is 6.58. The van der Waals surface area contributed by atoms with Crippen LogP contribution in [-0.2, 0) is 14.2 Å². The molecule has 1 heterocycles. The fourth-order valence-corrected chi connectivity index (χ4v) is 1.59. The maximum absolute atomic E-state index is 5.79. The van der Waals surface area contributed by atoms with Gasteiger partial charge in [0, 0.05) is 0 Å². The first kappa shape index (κ1) is 15.5. The van der Waals surface area contributed by atoms with Gasteiger partial charge in [0.1, 0.15) is 0 Å². The summed E-state index contributed by atoms with van der Waals surface area (Å²) in [5.74, 6) is 0.946. The van der Waals surface area contributed by atoms with Crippen molar-refractivity contribution in [2.75, 3.05) is 26.4 Å². The summed E-state index contributed by atoms with van der Waals surface area (Å²) in [6, 6.07) is 0. The zero-order valence-corrected chi connectivity index (χ0v) is 12.5. The van der Waals surface area contributed by atoms with Crippen LogP contribution >= 0.6 is 0 Å². The van der Waals surface area contributed by atoms with Gasteiger partial charge in [-0.15, -0.1) is 0 Å². The van der Waals surface area contributed by atoms with E-state index in [2.05, 4.69) is 27.7 Å². The molecule has 0 unspecified atom stereocenters. The van der Waals surface area contributed by atoms with Crippen molar-refractivity contribution in [3.05, 3.63) is 11.8 Å². The molecule has 1 fully saturated rings. The maximum atomic E-state index is 5.79. The van der Waals surface area contributed by atoms with Crippen LogP contribution in [0.4, 0.5) is 0 Å². The topological polar surface area (TPSA) is 27.7 Å². The molecule has 0 N–H and O–H groups in total. The minimum absolute atomic E-state index is 0.0523. The Labute approximate surface area is 111 Å². The predicted octanol–water partition coefficient (Wildman–Crippen LogP) is 3.54. The summed E-state index contributed by atoms with van der Waals surface area (Å²) >= 11 is 0. The van der Waals surface area contributed by atoms with Crippen molar-refractivity contribution < 1.29 is 14.2 Å². The van der Waals surface area contributed by atoms with E-state index in [4.69, 9.17) is 14.2 Å². The third-order valence-corrected chi connectivity index (χ3v) is 3.87. The fourth-order valence-electron chi connectivity index (χ4n) is 1.59. The Bertz CT molecular complexity index is 272. The highest BCUT2D eigenvalue weighted by Crippen LogP contribution is 2.31. The van der Waals surface area contributed by atoms with Crippen LogP contribution in [0.3, 0.4) is 0 Å². The molecule has 0 aromatic rings. The monoisotopic (exact) mass is 256 g/mol. The van der Waals surface area contributed by atoms with Gasteiger partial charge in [-0.05, 0) is 39.7 Å². The number of hydrogen-bond acceptors (Lipinski definition) is 3. The van der Waals surface area contributed by atoms with E-state index < -0.39 is 0 Å². The summed E-state index contributed by atoms with van der Waals surface area (Å²) in [6.07, 6.45) is 4.14. The van der Waals surface area contributed by atoms with E-state index in [1.54, 1.807) is 0 Å². The van der Waals surface area contributed by atoms with Crippen molar-refractivity contribution >= 4 is 0 Å². The lowest BCUT2D eigenvalue weighted by molar-refractivity contribution is -0.142. The first-order valence-corrected chi connectivity index (χ1v) is 6.94. The van der Waals surface area contributed by atoms with Gasteiger partial charge in [-0.25, -0.2) is 0 Å². The normalized spacial score (nSPS) is 19.5. The molecule has 0 bridgehead atoms. The average Bonchev–Trinajstić information content (AvgIpc) is 2.28. The van der Waals surface area contributed by atoms with Gasteiger partial charge in [0.15, 0.2) is 0 Å². The van der Waals surface area contributed by atoms with Crippen molar-refractivity contribution in [2.45, 2.75) is 53.1 Å². The van der Waals surface area contributed by atoms with Gasteiger partial charge in [0.05, 0.1) is 43.2 Å². The van der Waals surface area contributed by atoms with Gasteiger partial charge in [-0.3, -0.25) is 0 Å². The molecule has 0 spiro atoms. The Morgan fingerprint density at radius 1 is 1.33 bits per heavy atom. The molecule has 0 aromatic heterocycles. The molecule has 3 nitrogen and oxygen atoms in total. The van der Waals surface area contributed by atoms with Crippen molar-refractivity contribution in [1.82, 2.24) is 0 Å². The lowest BCUT2D eigenvalue weighted by Crippen LogP contribution is -2.45. The molecule has 0 saturated carbocycles. The highest BCUT2D eigenvalue weighted by molar-refractivity contribution is 4.92. The maximum Gasteiger partial charge on any atom is 0.0977 e. The van der Waals surface area contributed by atoms with E-state index in [9.17, 15) is 0 Å². The minimum Gasteiger partial charge on any atom is -0.498 e. The molecule has 0 amide bonds. The molecule has 0 aliphatic carbocycles. The smallest absolute Gasteiger partial charge is 0.0977 e. The molecule has 1 rings (SSSR count). The summed E-state index contributed by atoms with van der Waals surface area (Å²) in [5, 5.41) is 0. The van der Waals surface area contributed by atoms with Crippen LogP contribution in [-0.4, -0.2) is 32.0 Å². The minimum atomic E-state index is -0.0523. The predicted molar refractivity (Wildman–Crippen MR) is 73.6 cm³/mol. The van der Waals surface area contributed by atoms with Crippen LogP contribution in [0.25, 0.3) is 0 Å². The zero-order chi connectivity index (χ0) is 13.6. The average molecular weight is 256 g/mol. The largest absolute Gasteiger partial charge is 0.498 e. The Balaban J connectivity index is 2.25. The van der Waals surface area contributed by atoms with Crippen LogP contribution in [0.2, 0.25) is 0 Å². The number of rotatable bonds is 8. The third kappa shape index (κ3) is 4.62. The number of allylic oxidation sites excluding steroid dienone is 1. The van der Waals surface area contributed by atoms with Crippen molar-refractivity contribution in [3.8, 4) is 0 Å². The van der Waals surface area contributed by atoms with Gasteiger partial charge in [-0.1, -0.05) is 13.8 Å². The summed E-state index contributed by atoms with van der Waals surface area (Å²) in [4.78, 5) is 0. The van der Waals surface area contributed by atoms with E-state index in [1.165, 1.54) is 0 Å².